The first-order valence-electron chi connectivity index (χ1n) is 7.28. The van der Waals surface area contributed by atoms with Crippen LogP contribution < -0.4 is 10.6 Å². The van der Waals surface area contributed by atoms with Crippen molar-refractivity contribution < 1.29 is 9.90 Å². The molecule has 1 saturated heterocycles. The lowest BCUT2D eigenvalue weighted by Gasteiger charge is -2.30. The van der Waals surface area contributed by atoms with Gasteiger partial charge in [0.15, 0.2) is 0 Å². The van der Waals surface area contributed by atoms with Crippen LogP contribution in [0.25, 0.3) is 0 Å². The van der Waals surface area contributed by atoms with Gasteiger partial charge < -0.3 is 20.6 Å². The Morgan fingerprint density at radius 1 is 1.48 bits per heavy atom. The standard InChI is InChI=1S/C15H24N4O2/c1-18(2)11-15(21)6-4-9-19(10-7-15)14-12(13(16)20)5-3-8-17-14/h3,5,8,21H,4,6-7,9-11H2,1-2H3,(H2,16,20). The van der Waals surface area contributed by atoms with E-state index in [1.54, 1.807) is 18.3 Å². The number of aromatic nitrogens is 1. The minimum absolute atomic E-state index is 0.440. The number of aliphatic hydroxyl groups is 1. The number of nitrogens with zero attached hydrogens (tertiary/aromatic N) is 3. The van der Waals surface area contributed by atoms with Gasteiger partial charge in [-0.25, -0.2) is 4.98 Å². The molecule has 6 heteroatoms. The van der Waals surface area contributed by atoms with E-state index in [0.717, 1.165) is 19.4 Å². The Bertz CT molecular complexity index is 506. The highest BCUT2D eigenvalue weighted by Crippen LogP contribution is 2.26. The topological polar surface area (TPSA) is 82.7 Å². The van der Waals surface area contributed by atoms with Gasteiger partial charge in [-0.3, -0.25) is 4.79 Å². The van der Waals surface area contributed by atoms with E-state index < -0.39 is 11.5 Å². The highest BCUT2D eigenvalue weighted by molar-refractivity contribution is 5.97. The smallest absolute Gasteiger partial charge is 0.252 e. The van der Waals surface area contributed by atoms with E-state index >= 15 is 0 Å². The Morgan fingerprint density at radius 2 is 2.24 bits per heavy atom. The fourth-order valence-corrected chi connectivity index (χ4v) is 2.98. The predicted molar refractivity (Wildman–Crippen MR) is 82.3 cm³/mol. The van der Waals surface area contributed by atoms with Crippen molar-refractivity contribution in [3.63, 3.8) is 0 Å². The summed E-state index contributed by atoms with van der Waals surface area (Å²) in [6, 6.07) is 3.41. The van der Waals surface area contributed by atoms with Crippen LogP contribution in [0.3, 0.4) is 0 Å². The summed E-state index contributed by atoms with van der Waals surface area (Å²) in [6.07, 6.45) is 3.93. The van der Waals surface area contributed by atoms with E-state index in [-0.39, 0.29) is 0 Å². The first-order valence-corrected chi connectivity index (χ1v) is 7.28. The molecule has 0 spiro atoms. The molecule has 1 amide bonds. The van der Waals surface area contributed by atoms with E-state index in [1.165, 1.54) is 0 Å². The summed E-state index contributed by atoms with van der Waals surface area (Å²) in [5.74, 6) is 0.157. The minimum Gasteiger partial charge on any atom is -0.388 e. The molecule has 3 N–H and O–H groups in total. The highest BCUT2D eigenvalue weighted by atomic mass is 16.3. The van der Waals surface area contributed by atoms with E-state index in [0.29, 0.717) is 30.9 Å². The fraction of sp³-hybridized carbons (Fsp3) is 0.600. The SMILES string of the molecule is CN(C)CC1(O)CCCN(c2ncccc2C(N)=O)CC1. The molecule has 2 rings (SSSR count). The molecule has 21 heavy (non-hydrogen) atoms. The maximum absolute atomic E-state index is 11.5. The highest BCUT2D eigenvalue weighted by Gasteiger charge is 2.31. The molecule has 1 unspecified atom stereocenters. The van der Waals surface area contributed by atoms with Gasteiger partial charge in [0.2, 0.25) is 0 Å². The number of pyridine rings is 1. The summed E-state index contributed by atoms with van der Waals surface area (Å²) in [5.41, 5.74) is 5.18. The lowest BCUT2D eigenvalue weighted by Crippen LogP contribution is -2.41. The predicted octanol–water partition coefficient (Wildman–Crippen LogP) is 0.463. The van der Waals surface area contributed by atoms with Crippen LogP contribution in [0.1, 0.15) is 29.6 Å². The maximum atomic E-state index is 11.5. The molecular weight excluding hydrogens is 268 g/mol. The Morgan fingerprint density at radius 3 is 2.90 bits per heavy atom. The summed E-state index contributed by atoms with van der Waals surface area (Å²) in [4.78, 5) is 19.9. The number of amides is 1. The molecule has 2 heterocycles. The van der Waals surface area contributed by atoms with Crippen LogP contribution in [0, 0.1) is 0 Å². The zero-order valence-electron chi connectivity index (χ0n) is 12.7. The van der Waals surface area contributed by atoms with Gasteiger partial charge in [-0.05, 0) is 45.5 Å². The summed E-state index contributed by atoms with van der Waals surface area (Å²) in [5, 5.41) is 10.7. The van der Waals surface area contributed by atoms with E-state index in [1.807, 2.05) is 23.9 Å². The molecule has 1 fully saturated rings. The molecular formula is C15H24N4O2. The van der Waals surface area contributed by atoms with Crippen molar-refractivity contribution in [1.82, 2.24) is 9.88 Å². The summed E-state index contributed by atoms with van der Waals surface area (Å²) < 4.78 is 0. The first kappa shape index (κ1) is 15.7. The van der Waals surface area contributed by atoms with Gasteiger partial charge in [0.05, 0.1) is 11.2 Å². The zero-order chi connectivity index (χ0) is 15.5. The number of carbonyl (C=O) groups is 1. The molecule has 1 aromatic heterocycles. The number of hydrogen-bond donors (Lipinski definition) is 2. The molecule has 6 nitrogen and oxygen atoms in total. The molecule has 0 radical (unpaired) electrons. The molecule has 0 bridgehead atoms. The molecule has 0 aromatic carbocycles. The third kappa shape index (κ3) is 3.92. The van der Waals surface area contributed by atoms with Crippen LogP contribution in [0.2, 0.25) is 0 Å². The van der Waals surface area contributed by atoms with E-state index in [2.05, 4.69) is 4.98 Å². The van der Waals surface area contributed by atoms with Crippen LogP contribution >= 0.6 is 0 Å². The molecule has 0 saturated carbocycles. The number of nitrogens with two attached hydrogens (primary N) is 1. The second-order valence-corrected chi connectivity index (χ2v) is 6.04. The van der Waals surface area contributed by atoms with E-state index in [4.69, 9.17) is 5.73 Å². The quantitative estimate of drug-likeness (QED) is 0.842. The van der Waals surface area contributed by atoms with Crippen molar-refractivity contribution in [1.29, 1.82) is 0 Å². The van der Waals surface area contributed by atoms with Gasteiger partial charge in [0.25, 0.3) is 5.91 Å². The van der Waals surface area contributed by atoms with Crippen molar-refractivity contribution in [2.75, 3.05) is 38.6 Å². The average Bonchev–Trinajstić information content (AvgIpc) is 2.60. The average molecular weight is 292 g/mol. The van der Waals surface area contributed by atoms with Crippen molar-refractivity contribution in [3.8, 4) is 0 Å². The second kappa shape index (κ2) is 6.41. The molecule has 1 aliphatic rings. The van der Waals surface area contributed by atoms with Gasteiger partial charge in [-0.1, -0.05) is 0 Å². The largest absolute Gasteiger partial charge is 0.388 e. The van der Waals surface area contributed by atoms with Crippen LogP contribution in [0.5, 0.6) is 0 Å². The number of anilines is 1. The van der Waals surface area contributed by atoms with E-state index in [9.17, 15) is 9.90 Å². The Labute approximate surface area is 125 Å². The Balaban J connectivity index is 2.15. The molecule has 1 aliphatic heterocycles. The fourth-order valence-electron chi connectivity index (χ4n) is 2.98. The van der Waals surface area contributed by atoms with Crippen molar-refractivity contribution in [2.45, 2.75) is 24.9 Å². The Kier molecular flexibility index (Phi) is 4.80. The van der Waals surface area contributed by atoms with Crippen LogP contribution in [-0.2, 0) is 0 Å². The van der Waals surface area contributed by atoms with Crippen LogP contribution in [0.4, 0.5) is 5.82 Å². The summed E-state index contributed by atoms with van der Waals surface area (Å²) >= 11 is 0. The minimum atomic E-state index is -0.681. The molecule has 0 aliphatic carbocycles. The number of hydrogen-bond acceptors (Lipinski definition) is 5. The van der Waals surface area contributed by atoms with Gasteiger partial charge >= 0.3 is 0 Å². The van der Waals surface area contributed by atoms with Gasteiger partial charge in [-0.15, -0.1) is 0 Å². The van der Waals surface area contributed by atoms with Gasteiger partial charge in [0.1, 0.15) is 5.82 Å². The number of rotatable bonds is 4. The number of carbonyl (C=O) groups excluding carboxylic acids is 1. The Hall–Kier alpha value is -1.66. The third-order valence-electron chi connectivity index (χ3n) is 3.88. The molecule has 1 atom stereocenters. The lowest BCUT2D eigenvalue weighted by atomic mass is 9.94. The molecule has 1 aromatic rings. The zero-order valence-corrected chi connectivity index (χ0v) is 12.7. The van der Waals surface area contributed by atoms with Crippen molar-refractivity contribution in [2.24, 2.45) is 5.73 Å². The number of primary amides is 1. The lowest BCUT2D eigenvalue weighted by molar-refractivity contribution is 0.00537. The monoisotopic (exact) mass is 292 g/mol. The van der Waals surface area contributed by atoms with Crippen molar-refractivity contribution in [3.05, 3.63) is 23.9 Å². The molecule has 116 valence electrons. The van der Waals surface area contributed by atoms with Gasteiger partial charge in [0, 0.05) is 25.8 Å². The summed E-state index contributed by atoms with van der Waals surface area (Å²) in [6.45, 7) is 2.08. The summed E-state index contributed by atoms with van der Waals surface area (Å²) in [7, 11) is 3.93. The maximum Gasteiger partial charge on any atom is 0.252 e. The van der Waals surface area contributed by atoms with Crippen molar-refractivity contribution >= 4 is 11.7 Å². The third-order valence-corrected chi connectivity index (χ3v) is 3.88. The van der Waals surface area contributed by atoms with Crippen LogP contribution in [-0.4, -0.2) is 60.2 Å². The normalized spacial score (nSPS) is 23.1. The second-order valence-electron chi connectivity index (χ2n) is 6.04. The number of likely N-dealkylation sites (N-methyl/N-ethyl adjacent to an activating group) is 1. The van der Waals surface area contributed by atoms with Crippen LogP contribution in [0.15, 0.2) is 18.3 Å². The first-order chi connectivity index (χ1) is 9.91. The van der Waals surface area contributed by atoms with Gasteiger partial charge in [-0.2, -0.15) is 0 Å².